The lowest BCUT2D eigenvalue weighted by molar-refractivity contribution is -0.128. The van der Waals surface area contributed by atoms with Crippen LogP contribution >= 0.6 is 23.2 Å². The highest BCUT2D eigenvalue weighted by Crippen LogP contribution is 2.42. The van der Waals surface area contributed by atoms with Crippen molar-refractivity contribution in [3.63, 3.8) is 0 Å². The Kier molecular flexibility index (Phi) is 8.99. The van der Waals surface area contributed by atoms with Gasteiger partial charge in [0, 0.05) is 59.6 Å². The van der Waals surface area contributed by atoms with Gasteiger partial charge in [0.05, 0.1) is 41.7 Å². The molecule has 6 rings (SSSR count). The number of halogens is 2. The second kappa shape index (κ2) is 13.1. The lowest BCUT2D eigenvalue weighted by atomic mass is 9.98. The summed E-state index contributed by atoms with van der Waals surface area (Å²) in [4.78, 5) is 21.1. The van der Waals surface area contributed by atoms with Crippen LogP contribution in [0.5, 0.6) is 11.8 Å². The number of ether oxygens (including phenoxy) is 2. The summed E-state index contributed by atoms with van der Waals surface area (Å²) in [6.07, 6.45) is -0.554. The number of nitrogens with one attached hydrogen (secondary N) is 4. The molecule has 0 saturated carbocycles. The predicted octanol–water partition coefficient (Wildman–Crippen LogP) is 3.77. The maximum atomic E-state index is 11.6. The topological polar surface area (TPSA) is 130 Å². The molecule has 5 N–H and O–H groups in total. The van der Waals surface area contributed by atoms with Crippen molar-refractivity contribution in [2.75, 3.05) is 27.3 Å². The van der Waals surface area contributed by atoms with E-state index in [1.807, 2.05) is 60.7 Å². The normalized spacial score (nSPS) is 19.1. The maximum absolute atomic E-state index is 11.6. The summed E-state index contributed by atoms with van der Waals surface area (Å²) in [7, 11) is 3.15. The van der Waals surface area contributed by atoms with E-state index in [1.54, 1.807) is 14.2 Å². The Hall–Kier alpha value is -3.77. The number of carbonyl (C=O) groups excluding carboxylic acids is 1. The first-order valence-corrected chi connectivity index (χ1v) is 15.0. The number of aromatic nitrogens is 2. The molecule has 228 valence electrons. The molecular formula is C32H32Cl2N6O4. The van der Waals surface area contributed by atoms with Crippen LogP contribution in [0.2, 0.25) is 10.0 Å². The van der Waals surface area contributed by atoms with Crippen LogP contribution < -0.4 is 30.7 Å². The number of methoxy groups -OCH3 is 2. The van der Waals surface area contributed by atoms with Crippen molar-refractivity contribution in [2.45, 2.75) is 31.4 Å². The Balaban J connectivity index is 1.27. The summed E-state index contributed by atoms with van der Waals surface area (Å²) >= 11 is 14.1. The lowest BCUT2D eigenvalue weighted by Gasteiger charge is -2.34. The Labute approximate surface area is 265 Å². The van der Waals surface area contributed by atoms with Crippen LogP contribution in [-0.4, -0.2) is 66.6 Å². The van der Waals surface area contributed by atoms with Gasteiger partial charge in [-0.1, -0.05) is 71.7 Å². The van der Waals surface area contributed by atoms with Gasteiger partial charge in [-0.25, -0.2) is 9.97 Å². The molecule has 0 radical (unpaired) electrons. The van der Waals surface area contributed by atoms with E-state index in [-0.39, 0.29) is 18.0 Å². The number of rotatable bonds is 11. The number of pyridine rings is 2. The average Bonchev–Trinajstić information content (AvgIpc) is 3.04. The summed E-state index contributed by atoms with van der Waals surface area (Å²) < 4.78 is 11.2. The third-order valence-electron chi connectivity index (χ3n) is 7.92. The van der Waals surface area contributed by atoms with Crippen LogP contribution in [0, 0.1) is 0 Å². The highest BCUT2D eigenvalue weighted by molar-refractivity contribution is 6.39. The minimum absolute atomic E-state index is 0.0113. The summed E-state index contributed by atoms with van der Waals surface area (Å²) in [6, 6.07) is 18.9. The zero-order valence-electron chi connectivity index (χ0n) is 24.2. The summed E-state index contributed by atoms with van der Waals surface area (Å²) in [5, 5.41) is 22.9. The average molecular weight is 636 g/mol. The number of hydrogen-bond acceptors (Lipinski definition) is 9. The molecular weight excluding hydrogens is 603 g/mol. The monoisotopic (exact) mass is 634 g/mol. The van der Waals surface area contributed by atoms with Crippen molar-refractivity contribution in [3.8, 4) is 45.4 Å². The van der Waals surface area contributed by atoms with Crippen molar-refractivity contribution in [2.24, 2.45) is 0 Å². The molecule has 4 aromatic rings. The van der Waals surface area contributed by atoms with E-state index in [1.165, 1.54) is 0 Å². The minimum atomic E-state index is -0.554. The molecule has 44 heavy (non-hydrogen) atoms. The molecule has 0 aliphatic carbocycles. The highest BCUT2D eigenvalue weighted by atomic mass is 35.5. The maximum Gasteiger partial charge on any atom is 0.239 e. The van der Waals surface area contributed by atoms with Gasteiger partial charge < -0.3 is 30.5 Å². The van der Waals surface area contributed by atoms with Crippen molar-refractivity contribution in [1.82, 2.24) is 31.2 Å². The Morgan fingerprint density at radius 1 is 0.795 bits per heavy atom. The van der Waals surface area contributed by atoms with Crippen molar-refractivity contribution < 1.29 is 19.4 Å². The molecule has 3 atom stereocenters. The van der Waals surface area contributed by atoms with Crippen LogP contribution in [0.1, 0.15) is 11.1 Å². The first-order chi connectivity index (χ1) is 21.4. The molecule has 2 saturated heterocycles. The van der Waals surface area contributed by atoms with E-state index in [0.29, 0.717) is 59.4 Å². The lowest BCUT2D eigenvalue weighted by Crippen LogP contribution is -2.63. The second-order valence-corrected chi connectivity index (χ2v) is 11.3. The fraction of sp³-hybridized carbons (Fsp3) is 0.281. The molecule has 1 amide bonds. The minimum Gasteiger partial charge on any atom is -0.481 e. The van der Waals surface area contributed by atoms with Gasteiger partial charge in [0.1, 0.15) is 12.3 Å². The summed E-state index contributed by atoms with van der Waals surface area (Å²) in [6.45, 7) is 2.26. The number of benzene rings is 2. The van der Waals surface area contributed by atoms with Crippen LogP contribution in [0.4, 0.5) is 0 Å². The van der Waals surface area contributed by atoms with Crippen LogP contribution in [-0.2, 0) is 17.9 Å². The van der Waals surface area contributed by atoms with E-state index >= 15 is 0 Å². The van der Waals surface area contributed by atoms with Gasteiger partial charge in [0.25, 0.3) is 0 Å². The smallest absolute Gasteiger partial charge is 0.239 e. The molecule has 2 aromatic carbocycles. The molecule has 4 heterocycles. The molecule has 1 unspecified atom stereocenters. The number of aliphatic hydroxyl groups is 1. The largest absolute Gasteiger partial charge is 0.481 e. The Morgan fingerprint density at radius 2 is 1.32 bits per heavy atom. The van der Waals surface area contributed by atoms with E-state index in [2.05, 4.69) is 21.3 Å². The molecule has 0 spiro atoms. The van der Waals surface area contributed by atoms with Crippen molar-refractivity contribution >= 4 is 29.1 Å². The zero-order chi connectivity index (χ0) is 30.8. The highest BCUT2D eigenvalue weighted by Gasteiger charge is 2.28. The summed E-state index contributed by atoms with van der Waals surface area (Å²) in [5.41, 5.74) is 5.97. The number of aliphatic hydroxyl groups excluding tert-OH is 1. The molecule has 12 heteroatoms. The van der Waals surface area contributed by atoms with E-state index in [9.17, 15) is 9.90 Å². The van der Waals surface area contributed by atoms with Crippen LogP contribution in [0.3, 0.4) is 0 Å². The van der Waals surface area contributed by atoms with Gasteiger partial charge in [-0.3, -0.25) is 10.1 Å². The molecule has 2 aromatic heterocycles. The zero-order valence-corrected chi connectivity index (χ0v) is 25.7. The second-order valence-electron chi connectivity index (χ2n) is 10.6. The molecule has 2 fully saturated rings. The first-order valence-electron chi connectivity index (χ1n) is 14.2. The van der Waals surface area contributed by atoms with Gasteiger partial charge >= 0.3 is 0 Å². The van der Waals surface area contributed by atoms with Gasteiger partial charge in [-0.05, 0) is 12.1 Å². The van der Waals surface area contributed by atoms with E-state index in [4.69, 9.17) is 42.6 Å². The van der Waals surface area contributed by atoms with Crippen LogP contribution in [0.25, 0.3) is 33.6 Å². The van der Waals surface area contributed by atoms with Crippen molar-refractivity contribution in [3.05, 3.63) is 81.8 Å². The number of amides is 1. The number of carbonyl (C=O) groups is 1. The van der Waals surface area contributed by atoms with Gasteiger partial charge in [0.15, 0.2) is 0 Å². The van der Waals surface area contributed by atoms with Crippen molar-refractivity contribution in [1.29, 1.82) is 0 Å². The summed E-state index contributed by atoms with van der Waals surface area (Å²) in [5.74, 6) is 0.922. The number of hydrogen-bond donors (Lipinski definition) is 5. The van der Waals surface area contributed by atoms with Gasteiger partial charge in [-0.15, -0.1) is 0 Å². The fourth-order valence-electron chi connectivity index (χ4n) is 5.19. The molecule has 10 nitrogen and oxygen atoms in total. The third-order valence-corrected chi connectivity index (χ3v) is 8.74. The Bertz CT molecular complexity index is 1700. The fourth-order valence-corrected chi connectivity index (χ4v) is 5.84. The Morgan fingerprint density at radius 3 is 1.73 bits per heavy atom. The predicted molar refractivity (Wildman–Crippen MR) is 170 cm³/mol. The quantitative estimate of drug-likeness (QED) is 0.157. The number of nitrogens with zero attached hydrogens (tertiary/aromatic N) is 2. The molecule has 0 bridgehead atoms. The SMILES string of the molecule is COc1nc(-c2cccc(-c3cccc(-c4ccc(CN[C@H]5CNC5O)c(OC)n4)c3Cl)c2Cl)ccc1CN[C@H]1CNC1=O. The van der Waals surface area contributed by atoms with E-state index < -0.39 is 6.23 Å². The van der Waals surface area contributed by atoms with Gasteiger partial charge in [0.2, 0.25) is 17.7 Å². The van der Waals surface area contributed by atoms with Gasteiger partial charge in [-0.2, -0.15) is 0 Å². The standard InChI is InChI=1S/C32H32Cl2N6O4/c1-43-31-17(13-35-25-15-37-29(25)41)9-11-23(39-31)21-7-3-5-19(27(21)33)20-6-4-8-22(28(20)34)24-12-10-18(32(40-24)44-2)14-36-26-16-38-30(26)42/h3-12,25-26,29,35-37,41H,13-16H2,1-2H3,(H,38,42)/t25-,26-,29?/m0/s1. The molecule has 2 aliphatic heterocycles. The first kappa shape index (κ1) is 30.3. The van der Waals surface area contributed by atoms with E-state index in [0.717, 1.165) is 33.4 Å². The number of β-lactam (4-membered cyclic amide) rings is 1. The van der Waals surface area contributed by atoms with Crippen LogP contribution in [0.15, 0.2) is 60.7 Å². The molecule has 2 aliphatic rings. The third kappa shape index (κ3) is 5.97.